The van der Waals surface area contributed by atoms with Gasteiger partial charge in [0.25, 0.3) is 0 Å². The highest BCUT2D eigenvalue weighted by Gasteiger charge is 2.28. The Morgan fingerprint density at radius 1 is 1.31 bits per heavy atom. The van der Waals surface area contributed by atoms with Gasteiger partial charge in [0.1, 0.15) is 11.4 Å². The van der Waals surface area contributed by atoms with Gasteiger partial charge in [0.2, 0.25) is 0 Å². The van der Waals surface area contributed by atoms with Crippen molar-refractivity contribution >= 4 is 17.4 Å². The van der Waals surface area contributed by atoms with E-state index in [1.165, 1.54) is 0 Å². The van der Waals surface area contributed by atoms with E-state index in [1.54, 1.807) is 0 Å². The van der Waals surface area contributed by atoms with E-state index >= 15 is 0 Å². The van der Waals surface area contributed by atoms with Crippen LogP contribution in [-0.4, -0.2) is 32.9 Å². The highest BCUT2D eigenvalue weighted by atomic mass is 16.4. The topological polar surface area (TPSA) is 102 Å². The lowest BCUT2D eigenvalue weighted by Crippen LogP contribution is -2.29. The summed E-state index contributed by atoms with van der Waals surface area (Å²) in [5.41, 5.74) is 0.418. The second-order valence-electron chi connectivity index (χ2n) is 2.87. The first-order valence-corrected chi connectivity index (χ1v) is 3.84. The third-order valence-electron chi connectivity index (χ3n) is 2.09. The quantitative estimate of drug-likeness (QED) is 0.410. The van der Waals surface area contributed by atoms with E-state index in [2.05, 4.69) is 10.3 Å². The molecule has 1 atom stereocenters. The summed E-state index contributed by atoms with van der Waals surface area (Å²) in [5, 5.41) is 31.5. The van der Waals surface area contributed by atoms with Crippen molar-refractivity contribution in [3.8, 4) is 0 Å². The maximum absolute atomic E-state index is 10.6. The van der Waals surface area contributed by atoms with Gasteiger partial charge in [-0.25, -0.2) is 0 Å². The van der Waals surface area contributed by atoms with E-state index in [4.69, 9.17) is 15.5 Å². The number of hydrogen-bond donors (Lipinski definition) is 3. The predicted molar refractivity (Wildman–Crippen MR) is 43.4 cm³/mol. The van der Waals surface area contributed by atoms with Crippen LogP contribution >= 0.6 is 0 Å². The maximum Gasteiger partial charge on any atom is 0.306 e. The average Bonchev–Trinajstić information content (AvgIpc) is 2.16. The summed E-state index contributed by atoms with van der Waals surface area (Å²) in [6.45, 7) is 0. The van der Waals surface area contributed by atoms with E-state index in [1.807, 2.05) is 0 Å². The van der Waals surface area contributed by atoms with E-state index in [0.29, 0.717) is 12.8 Å². The van der Waals surface area contributed by atoms with Gasteiger partial charge in [-0.15, -0.1) is 0 Å². The van der Waals surface area contributed by atoms with E-state index in [9.17, 15) is 4.79 Å². The van der Waals surface area contributed by atoms with Crippen LogP contribution in [0.1, 0.15) is 19.3 Å². The molecule has 6 nitrogen and oxygen atoms in total. The molecule has 3 N–H and O–H groups in total. The first-order chi connectivity index (χ1) is 6.19. The molecule has 0 bridgehead atoms. The number of oxime groups is 2. The van der Waals surface area contributed by atoms with Crippen LogP contribution in [0.15, 0.2) is 10.3 Å². The smallest absolute Gasteiger partial charge is 0.306 e. The fourth-order valence-electron chi connectivity index (χ4n) is 1.33. The molecule has 72 valence electrons. The van der Waals surface area contributed by atoms with Crippen molar-refractivity contribution in [3.05, 3.63) is 0 Å². The lowest BCUT2D eigenvalue weighted by Gasteiger charge is -2.18. The molecular weight excluding hydrogens is 176 g/mol. The lowest BCUT2D eigenvalue weighted by molar-refractivity contribution is -0.141. The van der Waals surface area contributed by atoms with Crippen LogP contribution in [0.2, 0.25) is 0 Å². The summed E-state index contributed by atoms with van der Waals surface area (Å²) >= 11 is 0. The monoisotopic (exact) mass is 186 g/mol. The average molecular weight is 186 g/mol. The van der Waals surface area contributed by atoms with Gasteiger partial charge >= 0.3 is 5.97 Å². The van der Waals surface area contributed by atoms with E-state index in [-0.39, 0.29) is 17.8 Å². The molecule has 6 heteroatoms. The summed E-state index contributed by atoms with van der Waals surface area (Å²) in [5.74, 6) is -1.46. The molecule has 0 saturated heterocycles. The van der Waals surface area contributed by atoms with Crippen LogP contribution in [-0.2, 0) is 4.79 Å². The van der Waals surface area contributed by atoms with Crippen molar-refractivity contribution in [2.45, 2.75) is 19.3 Å². The third-order valence-corrected chi connectivity index (χ3v) is 2.09. The van der Waals surface area contributed by atoms with Crippen molar-refractivity contribution in [1.82, 2.24) is 0 Å². The summed E-state index contributed by atoms with van der Waals surface area (Å²) in [6.07, 6.45) is 0.853. The summed E-state index contributed by atoms with van der Waals surface area (Å²) in [6, 6.07) is 0. The second-order valence-corrected chi connectivity index (χ2v) is 2.87. The predicted octanol–water partition coefficient (Wildman–Crippen LogP) is 0.531. The molecule has 0 amide bonds. The van der Waals surface area contributed by atoms with Gasteiger partial charge in [0.05, 0.1) is 5.92 Å². The molecule has 0 spiro atoms. The molecule has 1 aliphatic carbocycles. The molecule has 1 unspecified atom stereocenters. The molecular formula is C7H10N2O4. The second kappa shape index (κ2) is 3.88. The molecule has 0 aromatic heterocycles. The number of carboxylic acids is 1. The fraction of sp³-hybridized carbons (Fsp3) is 0.571. The maximum atomic E-state index is 10.6. The highest BCUT2D eigenvalue weighted by molar-refractivity contribution is 6.42. The lowest BCUT2D eigenvalue weighted by atomic mass is 9.86. The standard InChI is InChI=1S/C7H10N2O4/c10-7(11)4-1-2-5(8-12)6(3-4)9-13/h4,12-13H,1-3H2,(H,10,11)/b8-5+,9-6+. The Hall–Kier alpha value is -1.59. The van der Waals surface area contributed by atoms with Crippen LogP contribution in [0.3, 0.4) is 0 Å². The first-order valence-electron chi connectivity index (χ1n) is 3.84. The van der Waals surface area contributed by atoms with Gasteiger partial charge in [0.15, 0.2) is 0 Å². The van der Waals surface area contributed by atoms with Gasteiger partial charge in [-0.3, -0.25) is 4.79 Å². The van der Waals surface area contributed by atoms with Gasteiger partial charge in [0, 0.05) is 6.42 Å². The van der Waals surface area contributed by atoms with Crippen LogP contribution in [0.4, 0.5) is 0 Å². The van der Waals surface area contributed by atoms with Gasteiger partial charge < -0.3 is 15.5 Å². The zero-order chi connectivity index (χ0) is 9.84. The molecule has 1 saturated carbocycles. The Balaban J connectivity index is 2.75. The van der Waals surface area contributed by atoms with Crippen molar-refractivity contribution in [2.75, 3.05) is 0 Å². The highest BCUT2D eigenvalue weighted by Crippen LogP contribution is 2.20. The van der Waals surface area contributed by atoms with Crippen LogP contribution in [0, 0.1) is 5.92 Å². The Labute approximate surface area is 74.2 Å². The largest absolute Gasteiger partial charge is 0.481 e. The van der Waals surface area contributed by atoms with Gasteiger partial charge in [-0.2, -0.15) is 0 Å². The Morgan fingerprint density at radius 3 is 2.38 bits per heavy atom. The summed E-state index contributed by atoms with van der Waals surface area (Å²) in [7, 11) is 0. The van der Waals surface area contributed by atoms with Crippen LogP contribution < -0.4 is 0 Å². The van der Waals surface area contributed by atoms with Crippen molar-refractivity contribution in [2.24, 2.45) is 16.2 Å². The summed E-state index contributed by atoms with van der Waals surface area (Å²) < 4.78 is 0. The molecule has 0 aromatic rings. The molecule has 0 aromatic carbocycles. The first kappa shape index (κ1) is 9.50. The summed E-state index contributed by atoms with van der Waals surface area (Å²) in [4.78, 5) is 10.6. The number of aliphatic carboxylic acids is 1. The van der Waals surface area contributed by atoms with Crippen LogP contribution in [0.5, 0.6) is 0 Å². The molecule has 1 aliphatic rings. The molecule has 0 aliphatic heterocycles. The SMILES string of the molecule is O=C(O)C1CCC(=N\O)/C(=N/O)C1. The minimum atomic E-state index is -0.918. The molecule has 0 radical (unpaired) electrons. The Morgan fingerprint density at radius 2 is 1.92 bits per heavy atom. The number of nitrogens with zero attached hydrogens (tertiary/aromatic N) is 2. The fourth-order valence-corrected chi connectivity index (χ4v) is 1.33. The third kappa shape index (κ3) is 1.95. The number of carbonyl (C=O) groups is 1. The molecule has 0 heterocycles. The number of carboxylic acid groups (broad SMARTS) is 1. The zero-order valence-electron chi connectivity index (χ0n) is 6.84. The Kier molecular flexibility index (Phi) is 2.84. The zero-order valence-corrected chi connectivity index (χ0v) is 6.84. The van der Waals surface area contributed by atoms with E-state index in [0.717, 1.165) is 0 Å². The normalized spacial score (nSPS) is 29.4. The minimum Gasteiger partial charge on any atom is -0.481 e. The van der Waals surface area contributed by atoms with Crippen LogP contribution in [0.25, 0.3) is 0 Å². The van der Waals surface area contributed by atoms with Gasteiger partial charge in [-0.1, -0.05) is 10.3 Å². The molecule has 1 rings (SSSR count). The number of rotatable bonds is 1. The van der Waals surface area contributed by atoms with Gasteiger partial charge in [-0.05, 0) is 12.8 Å². The van der Waals surface area contributed by atoms with Crippen molar-refractivity contribution in [1.29, 1.82) is 0 Å². The van der Waals surface area contributed by atoms with Crippen molar-refractivity contribution in [3.63, 3.8) is 0 Å². The van der Waals surface area contributed by atoms with E-state index < -0.39 is 11.9 Å². The number of hydrogen-bond acceptors (Lipinski definition) is 5. The Bertz CT molecular complexity index is 272. The minimum absolute atomic E-state index is 0.116. The van der Waals surface area contributed by atoms with Crippen molar-refractivity contribution < 1.29 is 20.3 Å². The molecule has 13 heavy (non-hydrogen) atoms. The molecule has 1 fully saturated rings.